The second-order valence-corrected chi connectivity index (χ2v) is 8.97. The summed E-state index contributed by atoms with van der Waals surface area (Å²) in [5, 5.41) is 0.923. The van der Waals surface area contributed by atoms with Gasteiger partial charge in [-0.25, -0.2) is 27.2 Å². The van der Waals surface area contributed by atoms with Gasteiger partial charge in [0.2, 0.25) is 5.88 Å². The number of nitrogens with one attached hydrogen (secondary N) is 1. The van der Waals surface area contributed by atoms with Crippen LogP contribution in [0.2, 0.25) is 0 Å². The van der Waals surface area contributed by atoms with E-state index in [0.717, 1.165) is 27.5 Å². The molecule has 4 aromatic rings. The molecule has 0 spiro atoms. The van der Waals surface area contributed by atoms with Crippen molar-refractivity contribution in [2.75, 3.05) is 11.8 Å². The molecule has 6 nitrogen and oxygen atoms in total. The standard InChI is InChI=1S/C21H14BrF2N3O3S/c1-30-21-18(27-31(28,29)19-8-6-14(23)10-16(19)24)9-13(11-25-21)17-7-5-12-3-2-4-15(22)20(12)26-17/h2-11,27H,1H3. The van der Waals surface area contributed by atoms with Crippen LogP contribution in [0.3, 0.4) is 0 Å². The van der Waals surface area contributed by atoms with Gasteiger partial charge in [-0.15, -0.1) is 0 Å². The summed E-state index contributed by atoms with van der Waals surface area (Å²) in [5.41, 5.74) is 1.77. The van der Waals surface area contributed by atoms with Gasteiger partial charge < -0.3 is 4.74 Å². The molecule has 0 atom stereocenters. The molecule has 0 saturated heterocycles. The van der Waals surface area contributed by atoms with Crippen molar-refractivity contribution in [1.82, 2.24) is 9.97 Å². The molecule has 4 rings (SSSR count). The van der Waals surface area contributed by atoms with Crippen LogP contribution in [0, 0.1) is 11.6 Å². The SMILES string of the molecule is COc1ncc(-c2ccc3cccc(Br)c3n2)cc1NS(=O)(=O)c1ccc(F)cc1F. The van der Waals surface area contributed by atoms with Crippen LogP contribution >= 0.6 is 15.9 Å². The number of halogens is 3. The Kier molecular flexibility index (Phi) is 5.59. The zero-order chi connectivity index (χ0) is 22.2. The van der Waals surface area contributed by atoms with E-state index in [4.69, 9.17) is 4.74 Å². The van der Waals surface area contributed by atoms with Crippen LogP contribution in [0.4, 0.5) is 14.5 Å². The first kappa shape index (κ1) is 21.1. The zero-order valence-electron chi connectivity index (χ0n) is 15.9. The van der Waals surface area contributed by atoms with Crippen molar-refractivity contribution in [1.29, 1.82) is 0 Å². The summed E-state index contributed by atoms with van der Waals surface area (Å²) >= 11 is 3.47. The molecule has 0 fully saturated rings. The van der Waals surface area contributed by atoms with Gasteiger partial charge in [0, 0.05) is 27.7 Å². The van der Waals surface area contributed by atoms with Crippen LogP contribution in [0.15, 0.2) is 70.2 Å². The number of hydrogen-bond acceptors (Lipinski definition) is 5. The van der Waals surface area contributed by atoms with E-state index in [2.05, 4.69) is 30.6 Å². The first-order valence-corrected chi connectivity index (χ1v) is 11.1. The summed E-state index contributed by atoms with van der Waals surface area (Å²) in [6.07, 6.45) is 1.49. The van der Waals surface area contributed by atoms with E-state index in [1.165, 1.54) is 19.4 Å². The molecule has 2 aromatic carbocycles. The predicted molar refractivity (Wildman–Crippen MR) is 116 cm³/mol. The molecule has 10 heteroatoms. The second-order valence-electron chi connectivity index (χ2n) is 6.47. The molecule has 0 aliphatic rings. The Bertz CT molecular complexity index is 1410. The highest BCUT2D eigenvalue weighted by molar-refractivity contribution is 9.10. The minimum Gasteiger partial charge on any atom is -0.480 e. The Morgan fingerprint density at radius 1 is 1.06 bits per heavy atom. The van der Waals surface area contributed by atoms with E-state index in [1.54, 1.807) is 6.07 Å². The number of rotatable bonds is 5. The lowest BCUT2D eigenvalue weighted by Gasteiger charge is -2.13. The van der Waals surface area contributed by atoms with Crippen molar-refractivity contribution in [3.8, 4) is 17.1 Å². The molecule has 31 heavy (non-hydrogen) atoms. The van der Waals surface area contributed by atoms with Gasteiger partial charge in [-0.3, -0.25) is 4.72 Å². The quantitative estimate of drug-likeness (QED) is 0.405. The van der Waals surface area contributed by atoms with Crippen molar-refractivity contribution in [2.45, 2.75) is 4.90 Å². The number of hydrogen-bond donors (Lipinski definition) is 1. The Balaban J connectivity index is 1.77. The van der Waals surface area contributed by atoms with Gasteiger partial charge in [-0.2, -0.15) is 0 Å². The first-order chi connectivity index (χ1) is 14.8. The Hall–Kier alpha value is -3.11. The van der Waals surface area contributed by atoms with E-state index in [-0.39, 0.29) is 11.6 Å². The van der Waals surface area contributed by atoms with Gasteiger partial charge in [0.15, 0.2) is 0 Å². The van der Waals surface area contributed by atoms with Gasteiger partial charge in [0.1, 0.15) is 22.2 Å². The first-order valence-electron chi connectivity index (χ1n) is 8.86. The fourth-order valence-corrected chi connectivity index (χ4v) is 4.57. The Labute approximate surface area is 185 Å². The number of para-hydroxylation sites is 1. The molecule has 0 radical (unpaired) electrons. The zero-order valence-corrected chi connectivity index (χ0v) is 18.3. The van der Waals surface area contributed by atoms with E-state index in [9.17, 15) is 17.2 Å². The molecular weight excluding hydrogens is 492 g/mol. The fourth-order valence-electron chi connectivity index (χ4n) is 2.99. The minimum absolute atomic E-state index is 0.0160. The molecule has 0 bridgehead atoms. The maximum absolute atomic E-state index is 14.0. The average molecular weight is 506 g/mol. The monoisotopic (exact) mass is 505 g/mol. The summed E-state index contributed by atoms with van der Waals surface area (Å²) in [6, 6.07) is 13.0. The lowest BCUT2D eigenvalue weighted by Crippen LogP contribution is -2.16. The van der Waals surface area contributed by atoms with E-state index >= 15 is 0 Å². The van der Waals surface area contributed by atoms with Gasteiger partial charge >= 0.3 is 0 Å². The van der Waals surface area contributed by atoms with Crippen molar-refractivity contribution in [2.24, 2.45) is 0 Å². The molecule has 0 aliphatic heterocycles. The second kappa shape index (κ2) is 8.20. The number of nitrogens with zero attached hydrogens (tertiary/aromatic N) is 2. The third-order valence-electron chi connectivity index (χ3n) is 4.44. The summed E-state index contributed by atoms with van der Waals surface area (Å²) in [4.78, 5) is 8.05. The topological polar surface area (TPSA) is 81.2 Å². The Morgan fingerprint density at radius 2 is 1.87 bits per heavy atom. The minimum atomic E-state index is -4.37. The van der Waals surface area contributed by atoms with Crippen LogP contribution in [0.5, 0.6) is 5.88 Å². The highest BCUT2D eigenvalue weighted by atomic mass is 79.9. The van der Waals surface area contributed by atoms with Crippen molar-refractivity contribution in [3.63, 3.8) is 0 Å². The largest absolute Gasteiger partial charge is 0.480 e. The van der Waals surface area contributed by atoms with E-state index < -0.39 is 26.6 Å². The highest BCUT2D eigenvalue weighted by Gasteiger charge is 2.22. The van der Waals surface area contributed by atoms with Gasteiger partial charge in [0.25, 0.3) is 10.0 Å². The molecule has 2 heterocycles. The van der Waals surface area contributed by atoms with Crippen LogP contribution in [-0.4, -0.2) is 25.5 Å². The fraction of sp³-hybridized carbons (Fsp3) is 0.0476. The number of sulfonamides is 1. The normalized spacial score (nSPS) is 11.5. The lowest BCUT2D eigenvalue weighted by molar-refractivity contribution is 0.400. The highest BCUT2D eigenvalue weighted by Crippen LogP contribution is 2.31. The van der Waals surface area contributed by atoms with Crippen LogP contribution in [-0.2, 0) is 10.0 Å². The van der Waals surface area contributed by atoms with Crippen LogP contribution < -0.4 is 9.46 Å². The van der Waals surface area contributed by atoms with Crippen LogP contribution in [0.25, 0.3) is 22.2 Å². The van der Waals surface area contributed by atoms with Gasteiger partial charge in [-0.1, -0.05) is 18.2 Å². The predicted octanol–water partition coefficient (Wildman–Crippen LogP) is 5.15. The third kappa shape index (κ3) is 4.21. The summed E-state index contributed by atoms with van der Waals surface area (Å²) in [7, 11) is -3.05. The molecule has 2 aromatic heterocycles. The summed E-state index contributed by atoms with van der Waals surface area (Å²) in [6.45, 7) is 0. The average Bonchev–Trinajstić information content (AvgIpc) is 2.73. The maximum Gasteiger partial charge on any atom is 0.264 e. The molecule has 0 aliphatic carbocycles. The molecule has 0 amide bonds. The molecule has 0 unspecified atom stereocenters. The molecule has 0 saturated carbocycles. The lowest BCUT2D eigenvalue weighted by atomic mass is 10.1. The molecule has 1 N–H and O–H groups in total. The van der Waals surface area contributed by atoms with Gasteiger partial charge in [-0.05, 0) is 46.3 Å². The van der Waals surface area contributed by atoms with E-state index in [1.807, 2.05) is 24.3 Å². The Morgan fingerprint density at radius 3 is 2.61 bits per heavy atom. The number of ether oxygens (including phenoxy) is 1. The van der Waals surface area contributed by atoms with Crippen LogP contribution in [0.1, 0.15) is 0 Å². The van der Waals surface area contributed by atoms with Crippen molar-refractivity contribution < 1.29 is 21.9 Å². The number of methoxy groups -OCH3 is 1. The number of fused-ring (bicyclic) bond motifs is 1. The van der Waals surface area contributed by atoms with Crippen molar-refractivity contribution in [3.05, 3.63) is 76.9 Å². The smallest absolute Gasteiger partial charge is 0.264 e. The number of benzene rings is 2. The molecular formula is C21H14BrF2N3O3S. The summed E-state index contributed by atoms with van der Waals surface area (Å²) in [5.74, 6) is -2.11. The number of pyridine rings is 2. The third-order valence-corrected chi connectivity index (χ3v) is 6.48. The number of aromatic nitrogens is 2. The maximum atomic E-state index is 14.0. The summed E-state index contributed by atoms with van der Waals surface area (Å²) < 4.78 is 60.8. The van der Waals surface area contributed by atoms with E-state index in [0.29, 0.717) is 17.3 Å². The molecule has 158 valence electrons. The van der Waals surface area contributed by atoms with Crippen molar-refractivity contribution >= 4 is 42.5 Å². The number of anilines is 1. The van der Waals surface area contributed by atoms with Gasteiger partial charge in [0.05, 0.1) is 18.3 Å².